The summed E-state index contributed by atoms with van der Waals surface area (Å²) in [5.74, 6) is 1.06. The van der Waals surface area contributed by atoms with Crippen LogP contribution in [0.15, 0.2) is 66.6 Å². The number of aliphatic hydroxyl groups is 1. The molecule has 277 valence electrons. The fraction of sp³-hybridized carbons (Fsp3) is 0.467. The summed E-state index contributed by atoms with van der Waals surface area (Å²) in [7, 11) is 0. The second-order valence-corrected chi connectivity index (χ2v) is 15.6. The fourth-order valence-electron chi connectivity index (χ4n) is 7.12. The van der Waals surface area contributed by atoms with Gasteiger partial charge in [-0.2, -0.15) is 0 Å². The molecule has 0 saturated carbocycles. The van der Waals surface area contributed by atoms with Crippen molar-refractivity contribution in [3.05, 3.63) is 89.3 Å². The Labute approximate surface area is 323 Å². The number of carbonyl (C=O) groups excluding carboxylic acids is 1. The molecule has 0 atom stereocenters. The number of pyridine rings is 1. The van der Waals surface area contributed by atoms with Gasteiger partial charge in [-0.05, 0) is 72.9 Å². The van der Waals surface area contributed by atoms with E-state index >= 15 is 0 Å². The molecular formula is C45H57FIrNO2S-. The Morgan fingerprint density at radius 1 is 0.882 bits per heavy atom. The van der Waals surface area contributed by atoms with Crippen LogP contribution in [-0.2, 0) is 31.3 Å². The van der Waals surface area contributed by atoms with Crippen molar-refractivity contribution < 1.29 is 34.4 Å². The van der Waals surface area contributed by atoms with E-state index in [9.17, 15) is 14.3 Å². The predicted octanol–water partition coefficient (Wildman–Crippen LogP) is 13.7. The molecular weight excluding hydrogens is 830 g/mol. The minimum Gasteiger partial charge on any atom is -0.512 e. The topological polar surface area (TPSA) is 50.2 Å². The first-order valence-corrected chi connectivity index (χ1v) is 19.5. The summed E-state index contributed by atoms with van der Waals surface area (Å²) in [6, 6.07) is 21.2. The van der Waals surface area contributed by atoms with E-state index in [0.29, 0.717) is 5.92 Å². The number of aromatic nitrogens is 1. The van der Waals surface area contributed by atoms with Crippen LogP contribution < -0.4 is 0 Å². The average Bonchev–Trinajstić information content (AvgIpc) is 3.51. The van der Waals surface area contributed by atoms with Gasteiger partial charge in [0, 0.05) is 64.7 Å². The standard InChI is InChI=1S/C32H33FNS.C13H24O2.Ir/c1-6-21(7-2)28-17-24(16-22-10-8-9-11-25(22)28)29-31-27(14-15-34-29)26-13-12-23(18-32(4,5)19-33)20(3)30(26)35-31;1-5-10(6-2)12(14)9-13(15)11(7-3)8-4;/h8-15,17,21H,6-7,18-19H2,1-5H3;9-11,14H,5-8H2,1-4H3;/q-1;;/b;12-9-;. The first kappa shape index (κ1) is 42.5. The van der Waals surface area contributed by atoms with Crippen molar-refractivity contribution in [3.8, 4) is 11.3 Å². The Hall–Kier alpha value is -2.92. The Morgan fingerprint density at radius 2 is 1.51 bits per heavy atom. The second kappa shape index (κ2) is 19.2. The summed E-state index contributed by atoms with van der Waals surface area (Å²) in [5.41, 5.74) is 5.61. The molecule has 0 aliphatic rings. The Morgan fingerprint density at radius 3 is 2.12 bits per heavy atom. The molecule has 2 heterocycles. The van der Waals surface area contributed by atoms with Gasteiger partial charge in [0.05, 0.1) is 12.4 Å². The molecule has 0 aliphatic carbocycles. The van der Waals surface area contributed by atoms with Crippen LogP contribution in [0.5, 0.6) is 0 Å². The third kappa shape index (κ3) is 9.75. The molecule has 0 aliphatic heterocycles. The third-order valence-electron chi connectivity index (χ3n) is 10.5. The number of thiophene rings is 1. The van der Waals surface area contributed by atoms with E-state index < -0.39 is 0 Å². The smallest absolute Gasteiger partial charge is 0.162 e. The first-order chi connectivity index (χ1) is 24.0. The molecule has 3 aromatic carbocycles. The largest absolute Gasteiger partial charge is 0.512 e. The molecule has 0 amide bonds. The summed E-state index contributed by atoms with van der Waals surface area (Å²) in [6.07, 6.45) is 9.80. The zero-order valence-corrected chi connectivity index (χ0v) is 35.3. The van der Waals surface area contributed by atoms with Crippen LogP contribution in [0.25, 0.3) is 42.2 Å². The molecule has 3 nitrogen and oxygen atoms in total. The van der Waals surface area contributed by atoms with Crippen molar-refractivity contribution in [1.29, 1.82) is 0 Å². The van der Waals surface area contributed by atoms with E-state index in [-0.39, 0.29) is 55.6 Å². The maximum atomic E-state index is 13.6. The first-order valence-electron chi connectivity index (χ1n) is 18.7. The number of benzene rings is 3. The molecule has 0 fully saturated rings. The van der Waals surface area contributed by atoms with Crippen molar-refractivity contribution in [3.63, 3.8) is 0 Å². The SMILES string of the molecule is CCC(CC)C(=O)/C=C(\O)C(CC)CC.CCC(CC)c1cc(-c2nccc3c2sc2c(C)c(CC(C)(C)CF)ccc23)[c-]c2ccccc12.[Ir]. The van der Waals surface area contributed by atoms with E-state index in [0.717, 1.165) is 61.6 Å². The molecule has 0 bridgehead atoms. The number of allylic oxidation sites excluding steroid dienone is 2. The number of halogens is 1. The van der Waals surface area contributed by atoms with Gasteiger partial charge in [0.15, 0.2) is 5.78 Å². The average molecular weight is 887 g/mol. The van der Waals surface area contributed by atoms with Crippen molar-refractivity contribution >= 4 is 48.1 Å². The van der Waals surface area contributed by atoms with Gasteiger partial charge in [-0.3, -0.25) is 14.2 Å². The molecule has 5 rings (SSSR count). The van der Waals surface area contributed by atoms with Gasteiger partial charge in [-0.1, -0.05) is 110 Å². The zero-order chi connectivity index (χ0) is 36.6. The van der Waals surface area contributed by atoms with E-state index in [1.54, 1.807) is 0 Å². The summed E-state index contributed by atoms with van der Waals surface area (Å²) in [4.78, 5) is 16.6. The number of hydrogen-bond acceptors (Lipinski definition) is 4. The van der Waals surface area contributed by atoms with E-state index in [2.05, 4.69) is 75.4 Å². The number of aryl methyl sites for hydroxylation is 1. The van der Waals surface area contributed by atoms with E-state index in [4.69, 9.17) is 4.98 Å². The summed E-state index contributed by atoms with van der Waals surface area (Å²) in [5, 5.41) is 14.7. The van der Waals surface area contributed by atoms with Crippen LogP contribution in [0.2, 0.25) is 0 Å². The third-order valence-corrected chi connectivity index (χ3v) is 11.9. The van der Waals surface area contributed by atoms with Gasteiger partial charge in [0.25, 0.3) is 0 Å². The molecule has 6 heteroatoms. The number of carbonyl (C=O) groups is 1. The van der Waals surface area contributed by atoms with Gasteiger partial charge in [0.1, 0.15) is 0 Å². The molecule has 5 aromatic rings. The number of hydrogen-bond donors (Lipinski definition) is 1. The molecule has 0 saturated heterocycles. The monoisotopic (exact) mass is 887 g/mol. The van der Waals surface area contributed by atoms with Crippen molar-refractivity contribution in [2.75, 3.05) is 6.67 Å². The number of ketones is 1. The van der Waals surface area contributed by atoms with Gasteiger partial charge in [-0.25, -0.2) is 0 Å². The number of alkyl halides is 1. The van der Waals surface area contributed by atoms with Crippen LogP contribution in [0.3, 0.4) is 0 Å². The Kier molecular flexibility index (Phi) is 16.0. The number of fused-ring (bicyclic) bond motifs is 4. The molecule has 1 N–H and O–H groups in total. The zero-order valence-electron chi connectivity index (χ0n) is 32.1. The number of nitrogens with zero attached hydrogens (tertiary/aromatic N) is 1. The molecule has 0 unspecified atom stereocenters. The van der Waals surface area contributed by atoms with Crippen LogP contribution in [0, 0.1) is 30.2 Å². The number of aliphatic hydroxyl groups excluding tert-OH is 1. The Bertz CT molecular complexity index is 1930. The van der Waals surface area contributed by atoms with E-state index in [1.807, 2.05) is 59.1 Å². The minimum atomic E-state index is -0.354. The van der Waals surface area contributed by atoms with E-state index in [1.165, 1.54) is 48.3 Å². The summed E-state index contributed by atoms with van der Waals surface area (Å²) >= 11 is 1.81. The maximum Gasteiger partial charge on any atom is 0.162 e. The summed E-state index contributed by atoms with van der Waals surface area (Å²) < 4.78 is 16.0. The van der Waals surface area contributed by atoms with Crippen molar-refractivity contribution in [2.45, 2.75) is 113 Å². The van der Waals surface area contributed by atoms with Crippen LogP contribution >= 0.6 is 11.3 Å². The molecule has 1 radical (unpaired) electrons. The molecule has 2 aromatic heterocycles. The van der Waals surface area contributed by atoms with Crippen molar-refractivity contribution in [1.82, 2.24) is 4.98 Å². The molecule has 51 heavy (non-hydrogen) atoms. The Balaban J connectivity index is 0.000000374. The quantitative estimate of drug-likeness (QED) is 0.0687. The number of rotatable bonds is 14. The fourth-order valence-corrected chi connectivity index (χ4v) is 8.44. The predicted molar refractivity (Wildman–Crippen MR) is 214 cm³/mol. The van der Waals surface area contributed by atoms with Crippen LogP contribution in [-0.4, -0.2) is 22.5 Å². The van der Waals surface area contributed by atoms with Crippen LogP contribution in [0.4, 0.5) is 4.39 Å². The summed E-state index contributed by atoms with van der Waals surface area (Å²) in [6.45, 7) is 18.5. The minimum absolute atomic E-state index is 0. The van der Waals surface area contributed by atoms with Gasteiger partial charge in [0.2, 0.25) is 0 Å². The van der Waals surface area contributed by atoms with Gasteiger partial charge < -0.3 is 5.11 Å². The second-order valence-electron chi connectivity index (χ2n) is 14.5. The van der Waals surface area contributed by atoms with Gasteiger partial charge in [-0.15, -0.1) is 40.5 Å². The van der Waals surface area contributed by atoms with Crippen molar-refractivity contribution in [2.24, 2.45) is 17.3 Å². The van der Waals surface area contributed by atoms with Crippen LogP contribution in [0.1, 0.15) is 117 Å². The maximum absolute atomic E-state index is 13.6. The normalized spacial score (nSPS) is 12.2. The molecule has 0 spiro atoms. The van der Waals surface area contributed by atoms with Gasteiger partial charge >= 0.3 is 0 Å².